The summed E-state index contributed by atoms with van der Waals surface area (Å²) in [5, 5.41) is 8.21. The van der Waals surface area contributed by atoms with Gasteiger partial charge in [0, 0.05) is 3.57 Å². The van der Waals surface area contributed by atoms with E-state index < -0.39 is 31.4 Å². The molecule has 4 N–H and O–H groups in total. The molecule has 0 atom stereocenters. The number of hydrogen-bond donors (Lipinski definition) is 2. The lowest BCUT2D eigenvalue weighted by Gasteiger charge is -1.96. The van der Waals surface area contributed by atoms with Gasteiger partial charge in [0.05, 0.1) is 0 Å². The fourth-order valence-electron chi connectivity index (χ4n) is 0.881. The molecule has 0 amide bonds. The SMILES string of the molecule is Cc1ccc(I=O)c(C)c1.NS(N)(=O)=O. The van der Waals surface area contributed by atoms with Gasteiger partial charge in [-0.15, -0.1) is 0 Å². The van der Waals surface area contributed by atoms with Gasteiger partial charge >= 0.3 is 0 Å². The maximum atomic E-state index is 10.6. The Balaban J connectivity index is 0.000000336. The summed E-state index contributed by atoms with van der Waals surface area (Å²) in [4.78, 5) is 0. The Morgan fingerprint density at radius 1 is 1.20 bits per heavy atom. The van der Waals surface area contributed by atoms with Crippen molar-refractivity contribution in [1.82, 2.24) is 0 Å². The van der Waals surface area contributed by atoms with Gasteiger partial charge in [-0.25, -0.2) is 10.3 Å². The van der Waals surface area contributed by atoms with Gasteiger partial charge in [-0.3, -0.25) is 3.07 Å². The Hall–Kier alpha value is -0.380. The zero-order valence-corrected chi connectivity index (χ0v) is 11.4. The molecule has 0 radical (unpaired) electrons. The number of aryl methyl sites for hydroxylation is 2. The summed E-state index contributed by atoms with van der Waals surface area (Å²) < 4.78 is 30.0. The summed E-state index contributed by atoms with van der Waals surface area (Å²) in [6.07, 6.45) is 0. The first-order valence-corrected chi connectivity index (χ1v) is 7.46. The Labute approximate surface area is 99.7 Å². The average Bonchev–Trinajstić information content (AvgIpc) is 2.01. The molecular formula is C8H13IN2O3S. The van der Waals surface area contributed by atoms with Gasteiger partial charge in [-0.2, -0.15) is 8.42 Å². The quantitative estimate of drug-likeness (QED) is 0.741. The normalized spacial score (nSPS) is 10.4. The van der Waals surface area contributed by atoms with Crippen molar-refractivity contribution in [2.75, 3.05) is 0 Å². The Kier molecular flexibility index (Phi) is 6.10. The molecule has 0 aliphatic rings. The van der Waals surface area contributed by atoms with Gasteiger partial charge in [0.2, 0.25) is 0 Å². The van der Waals surface area contributed by atoms with Crippen LogP contribution in [-0.2, 0) is 13.3 Å². The fourth-order valence-corrected chi connectivity index (χ4v) is 1.71. The van der Waals surface area contributed by atoms with Crippen LogP contribution in [0.1, 0.15) is 11.1 Å². The van der Waals surface area contributed by atoms with Crippen molar-refractivity contribution >= 4 is 31.4 Å². The summed E-state index contributed by atoms with van der Waals surface area (Å²) in [6.45, 7) is 4.04. The van der Waals surface area contributed by atoms with Crippen LogP contribution in [0.15, 0.2) is 18.2 Å². The molecule has 1 aromatic rings. The van der Waals surface area contributed by atoms with E-state index in [2.05, 4.69) is 16.3 Å². The molecule has 7 heteroatoms. The van der Waals surface area contributed by atoms with Crippen molar-refractivity contribution in [2.45, 2.75) is 13.8 Å². The molecule has 0 unspecified atom stereocenters. The molecule has 86 valence electrons. The molecule has 0 aromatic heterocycles. The van der Waals surface area contributed by atoms with Crippen LogP contribution in [0.25, 0.3) is 0 Å². The van der Waals surface area contributed by atoms with Crippen LogP contribution in [0.5, 0.6) is 0 Å². The van der Waals surface area contributed by atoms with E-state index in [1.165, 1.54) is 5.56 Å². The average molecular weight is 344 g/mol. The van der Waals surface area contributed by atoms with Crippen LogP contribution in [0, 0.1) is 17.4 Å². The van der Waals surface area contributed by atoms with Crippen molar-refractivity contribution in [3.63, 3.8) is 0 Å². The van der Waals surface area contributed by atoms with Crippen molar-refractivity contribution < 1.29 is 11.5 Å². The maximum absolute atomic E-state index is 10.6. The molecular weight excluding hydrogens is 331 g/mol. The molecule has 0 spiro atoms. The molecule has 0 aliphatic heterocycles. The third-order valence-corrected chi connectivity index (χ3v) is 3.08. The fraction of sp³-hybridized carbons (Fsp3) is 0.250. The van der Waals surface area contributed by atoms with Crippen LogP contribution < -0.4 is 10.3 Å². The summed E-state index contributed by atoms with van der Waals surface area (Å²) in [5.41, 5.74) is 2.39. The van der Waals surface area contributed by atoms with Gasteiger partial charge in [0.15, 0.2) is 21.2 Å². The highest BCUT2D eigenvalue weighted by Gasteiger charge is 1.95. The van der Waals surface area contributed by atoms with Crippen molar-refractivity contribution in [3.8, 4) is 0 Å². The second kappa shape index (κ2) is 6.26. The van der Waals surface area contributed by atoms with Crippen LogP contribution in [0.4, 0.5) is 0 Å². The zero-order chi connectivity index (χ0) is 12.1. The molecule has 0 aliphatic carbocycles. The summed E-state index contributed by atoms with van der Waals surface area (Å²) in [5.74, 6) is 0. The highest BCUT2D eigenvalue weighted by atomic mass is 127. The lowest BCUT2D eigenvalue weighted by Crippen LogP contribution is -2.21. The highest BCUT2D eigenvalue weighted by Crippen LogP contribution is 2.15. The smallest absolute Gasteiger partial charge is 0.265 e. The van der Waals surface area contributed by atoms with Gasteiger partial charge < -0.3 is 0 Å². The van der Waals surface area contributed by atoms with Crippen LogP contribution in [-0.4, -0.2) is 8.42 Å². The predicted molar refractivity (Wildman–Crippen MR) is 66.6 cm³/mol. The van der Waals surface area contributed by atoms with Gasteiger partial charge in [-0.1, -0.05) is 17.7 Å². The van der Waals surface area contributed by atoms with Crippen molar-refractivity contribution in [1.29, 1.82) is 0 Å². The monoisotopic (exact) mass is 344 g/mol. The van der Waals surface area contributed by atoms with Crippen molar-refractivity contribution in [2.24, 2.45) is 10.3 Å². The first-order chi connectivity index (χ1) is 6.74. The number of benzene rings is 1. The Morgan fingerprint density at radius 2 is 1.67 bits per heavy atom. The van der Waals surface area contributed by atoms with E-state index in [-0.39, 0.29) is 0 Å². The van der Waals surface area contributed by atoms with Crippen LogP contribution >= 0.6 is 21.2 Å². The lowest BCUT2D eigenvalue weighted by molar-refractivity contribution is 0.599. The Bertz CT molecular complexity index is 437. The van der Waals surface area contributed by atoms with E-state index in [0.29, 0.717) is 0 Å². The molecule has 0 saturated carbocycles. The van der Waals surface area contributed by atoms with Gasteiger partial charge in [0.1, 0.15) is 0 Å². The lowest BCUT2D eigenvalue weighted by atomic mass is 10.2. The molecule has 5 nitrogen and oxygen atoms in total. The first-order valence-electron chi connectivity index (χ1n) is 3.89. The number of halogens is 1. The van der Waals surface area contributed by atoms with E-state index in [1.807, 2.05) is 26.0 Å². The largest absolute Gasteiger partial charge is 0.271 e. The molecule has 1 rings (SSSR count). The van der Waals surface area contributed by atoms with E-state index in [1.54, 1.807) is 0 Å². The topological polar surface area (TPSA) is 103 Å². The standard InChI is InChI=1S/C8H9IO.H4N2O2S/c1-6-3-4-8(9-10)7(2)5-6;1-5(2,3)4/h3-5H,1-2H3;(H4,1,2,3,4). The van der Waals surface area contributed by atoms with E-state index in [0.717, 1.165) is 9.13 Å². The highest BCUT2D eigenvalue weighted by molar-refractivity contribution is 14.1. The summed E-state index contributed by atoms with van der Waals surface area (Å²) in [6, 6.07) is 6.01. The molecule has 0 fully saturated rings. The molecule has 15 heavy (non-hydrogen) atoms. The number of hydrogen-bond acceptors (Lipinski definition) is 3. The van der Waals surface area contributed by atoms with Gasteiger partial charge in [0.25, 0.3) is 10.2 Å². The maximum Gasteiger partial charge on any atom is 0.271 e. The molecule has 0 saturated heterocycles. The summed E-state index contributed by atoms with van der Waals surface area (Å²) >= 11 is -0.975. The molecule has 0 heterocycles. The van der Waals surface area contributed by atoms with E-state index >= 15 is 0 Å². The minimum atomic E-state index is -3.67. The van der Waals surface area contributed by atoms with E-state index in [9.17, 15) is 11.5 Å². The van der Waals surface area contributed by atoms with Crippen molar-refractivity contribution in [3.05, 3.63) is 32.9 Å². The summed E-state index contributed by atoms with van der Waals surface area (Å²) in [7, 11) is -3.67. The Morgan fingerprint density at radius 3 is 2.00 bits per heavy atom. The minimum Gasteiger partial charge on any atom is -0.265 e. The van der Waals surface area contributed by atoms with Crippen LogP contribution in [0.2, 0.25) is 0 Å². The van der Waals surface area contributed by atoms with Crippen LogP contribution in [0.3, 0.4) is 0 Å². The zero-order valence-electron chi connectivity index (χ0n) is 8.40. The second-order valence-electron chi connectivity index (χ2n) is 2.92. The number of rotatable bonds is 1. The molecule has 0 bridgehead atoms. The van der Waals surface area contributed by atoms with E-state index in [4.69, 9.17) is 0 Å². The third kappa shape index (κ3) is 8.60. The molecule has 1 aromatic carbocycles. The third-order valence-electron chi connectivity index (χ3n) is 1.40. The predicted octanol–water partition coefficient (Wildman–Crippen LogP) is 0.938. The first kappa shape index (κ1) is 14.6. The second-order valence-corrected chi connectivity index (χ2v) is 5.70. The number of nitrogens with two attached hydrogens (primary N) is 2. The minimum absolute atomic E-state index is 0.975. The van der Waals surface area contributed by atoms with Gasteiger partial charge in [-0.05, 0) is 25.5 Å².